The molecule has 0 aliphatic carbocycles. The molecule has 110 valence electrons. The van der Waals surface area contributed by atoms with Gasteiger partial charge in [0.15, 0.2) is 6.10 Å². The van der Waals surface area contributed by atoms with Crippen LogP contribution in [0.5, 0.6) is 0 Å². The second-order valence-electron chi connectivity index (χ2n) is 3.76. The number of amides is 2. The van der Waals surface area contributed by atoms with Gasteiger partial charge in [-0.05, 0) is 24.3 Å². The van der Waals surface area contributed by atoms with Crippen molar-refractivity contribution >= 4 is 17.7 Å². The number of nitrogens with one attached hydrogen (secondary N) is 2. The van der Waals surface area contributed by atoms with Gasteiger partial charge in [-0.3, -0.25) is 0 Å². The van der Waals surface area contributed by atoms with Gasteiger partial charge in [0.25, 0.3) is 0 Å². The Bertz CT molecular complexity index is 487. The highest BCUT2D eigenvalue weighted by Gasteiger charge is 2.29. The minimum absolute atomic E-state index is 0.0975. The number of urea groups is 1. The molecular formula is C11H11F3N2O4. The number of aliphatic carboxylic acids is 1. The quantitative estimate of drug-likeness (QED) is 0.671. The van der Waals surface area contributed by atoms with Gasteiger partial charge in [0.05, 0.1) is 12.1 Å². The van der Waals surface area contributed by atoms with Crippen molar-refractivity contribution in [2.75, 3.05) is 11.9 Å². The van der Waals surface area contributed by atoms with Crippen LogP contribution in [0.2, 0.25) is 0 Å². The van der Waals surface area contributed by atoms with Gasteiger partial charge < -0.3 is 20.8 Å². The summed E-state index contributed by atoms with van der Waals surface area (Å²) < 4.78 is 36.9. The molecule has 0 aliphatic rings. The molecule has 1 aromatic rings. The third-order valence-corrected chi connectivity index (χ3v) is 2.21. The van der Waals surface area contributed by atoms with Crippen molar-refractivity contribution in [2.24, 2.45) is 0 Å². The first-order valence-electron chi connectivity index (χ1n) is 5.33. The molecule has 0 heterocycles. The zero-order valence-corrected chi connectivity index (χ0v) is 9.94. The molecule has 6 nitrogen and oxygen atoms in total. The molecule has 0 aromatic heterocycles. The highest BCUT2D eigenvalue weighted by atomic mass is 19.4. The smallest absolute Gasteiger partial charge is 0.416 e. The molecule has 1 unspecified atom stereocenters. The highest BCUT2D eigenvalue weighted by molar-refractivity contribution is 5.89. The molecule has 0 radical (unpaired) electrons. The van der Waals surface area contributed by atoms with E-state index in [0.29, 0.717) is 0 Å². The van der Waals surface area contributed by atoms with Crippen molar-refractivity contribution in [3.05, 3.63) is 29.8 Å². The van der Waals surface area contributed by atoms with Crippen LogP contribution in [0.25, 0.3) is 0 Å². The summed E-state index contributed by atoms with van der Waals surface area (Å²) in [5.41, 5.74) is -0.759. The fourth-order valence-corrected chi connectivity index (χ4v) is 1.19. The summed E-state index contributed by atoms with van der Waals surface area (Å²) in [5.74, 6) is -1.50. The Morgan fingerprint density at radius 2 is 1.75 bits per heavy atom. The Kier molecular flexibility index (Phi) is 4.92. The van der Waals surface area contributed by atoms with Crippen LogP contribution < -0.4 is 10.6 Å². The van der Waals surface area contributed by atoms with Gasteiger partial charge in [-0.25, -0.2) is 9.59 Å². The van der Waals surface area contributed by atoms with Gasteiger partial charge in [-0.1, -0.05) is 0 Å². The standard InChI is InChI=1S/C11H11F3N2O4/c12-11(13,14)6-1-3-7(4-2-6)16-10(20)15-5-8(17)9(18)19/h1-4,8,17H,5H2,(H,18,19)(H2,15,16,20). The summed E-state index contributed by atoms with van der Waals surface area (Å²) in [6.45, 7) is -0.526. The first-order valence-corrected chi connectivity index (χ1v) is 5.33. The maximum atomic E-state index is 12.3. The van der Waals surface area contributed by atoms with Crippen LogP contribution >= 0.6 is 0 Å². The number of carboxylic acid groups (broad SMARTS) is 1. The fourth-order valence-electron chi connectivity index (χ4n) is 1.19. The molecule has 0 saturated heterocycles. The first-order chi connectivity index (χ1) is 9.20. The number of hydrogen-bond donors (Lipinski definition) is 4. The molecule has 1 aromatic carbocycles. The van der Waals surface area contributed by atoms with Crippen molar-refractivity contribution < 1.29 is 33.0 Å². The molecule has 1 rings (SSSR count). The van der Waals surface area contributed by atoms with Gasteiger partial charge in [0.1, 0.15) is 0 Å². The Labute approximate surface area is 111 Å². The topological polar surface area (TPSA) is 98.7 Å². The first kappa shape index (κ1) is 15.8. The molecule has 0 aliphatic heterocycles. The normalized spacial score (nSPS) is 12.6. The predicted molar refractivity (Wildman–Crippen MR) is 62.1 cm³/mol. The van der Waals surface area contributed by atoms with Crippen molar-refractivity contribution in [3.8, 4) is 0 Å². The lowest BCUT2D eigenvalue weighted by Crippen LogP contribution is -2.38. The van der Waals surface area contributed by atoms with E-state index in [-0.39, 0.29) is 5.69 Å². The highest BCUT2D eigenvalue weighted by Crippen LogP contribution is 2.29. The van der Waals surface area contributed by atoms with Crippen molar-refractivity contribution in [2.45, 2.75) is 12.3 Å². The molecule has 9 heteroatoms. The Hall–Kier alpha value is -2.29. The molecule has 4 N–H and O–H groups in total. The van der Waals surface area contributed by atoms with Crippen molar-refractivity contribution in [3.63, 3.8) is 0 Å². The summed E-state index contributed by atoms with van der Waals surface area (Å²) in [5, 5.41) is 21.5. The van der Waals surface area contributed by atoms with Gasteiger partial charge in [0, 0.05) is 5.69 Å². The minimum atomic E-state index is -4.47. The van der Waals surface area contributed by atoms with E-state index in [4.69, 9.17) is 10.2 Å². The fraction of sp³-hybridized carbons (Fsp3) is 0.273. The Morgan fingerprint density at radius 1 is 1.20 bits per heavy atom. The van der Waals surface area contributed by atoms with Crippen LogP contribution in [-0.2, 0) is 11.0 Å². The summed E-state index contributed by atoms with van der Waals surface area (Å²) in [4.78, 5) is 21.5. The third-order valence-electron chi connectivity index (χ3n) is 2.21. The molecule has 2 amide bonds. The van der Waals surface area contributed by atoms with Gasteiger partial charge in [0.2, 0.25) is 0 Å². The lowest BCUT2D eigenvalue weighted by Gasteiger charge is -2.10. The number of halogens is 3. The van der Waals surface area contributed by atoms with Crippen LogP contribution in [0, 0.1) is 0 Å². The number of aliphatic hydroxyl groups is 1. The molecule has 0 fully saturated rings. The number of rotatable bonds is 4. The lowest BCUT2D eigenvalue weighted by atomic mass is 10.2. The number of aliphatic hydroxyl groups excluding tert-OH is 1. The van der Waals surface area contributed by atoms with Crippen molar-refractivity contribution in [1.29, 1.82) is 0 Å². The zero-order valence-electron chi connectivity index (χ0n) is 9.94. The number of carbonyl (C=O) groups is 2. The van der Waals surface area contributed by atoms with E-state index in [9.17, 15) is 22.8 Å². The average molecular weight is 292 g/mol. The summed E-state index contributed by atoms with van der Waals surface area (Å²) >= 11 is 0. The van der Waals surface area contributed by atoms with Gasteiger partial charge in [-0.15, -0.1) is 0 Å². The molecule has 0 saturated carbocycles. The number of alkyl halides is 3. The van der Waals surface area contributed by atoms with E-state index >= 15 is 0 Å². The monoisotopic (exact) mass is 292 g/mol. The Morgan fingerprint density at radius 3 is 2.20 bits per heavy atom. The van der Waals surface area contributed by atoms with Crippen LogP contribution in [0.15, 0.2) is 24.3 Å². The van der Waals surface area contributed by atoms with E-state index in [1.54, 1.807) is 0 Å². The average Bonchev–Trinajstić information content (AvgIpc) is 2.35. The molecular weight excluding hydrogens is 281 g/mol. The van der Waals surface area contributed by atoms with Crippen LogP contribution in [0.3, 0.4) is 0 Å². The maximum Gasteiger partial charge on any atom is 0.416 e. The number of benzene rings is 1. The summed E-state index contributed by atoms with van der Waals surface area (Å²) in [6.07, 6.45) is -6.22. The number of anilines is 1. The van der Waals surface area contributed by atoms with Crippen LogP contribution in [0.1, 0.15) is 5.56 Å². The largest absolute Gasteiger partial charge is 0.479 e. The van der Waals surface area contributed by atoms with Gasteiger partial charge >= 0.3 is 18.2 Å². The predicted octanol–water partition coefficient (Wildman–Crippen LogP) is 1.27. The minimum Gasteiger partial charge on any atom is -0.479 e. The van der Waals surface area contributed by atoms with E-state index < -0.39 is 36.4 Å². The Balaban J connectivity index is 2.53. The SMILES string of the molecule is O=C(NCC(O)C(=O)O)Nc1ccc(C(F)(F)F)cc1. The third kappa shape index (κ3) is 4.76. The van der Waals surface area contributed by atoms with E-state index in [2.05, 4.69) is 10.6 Å². The molecule has 0 spiro atoms. The van der Waals surface area contributed by atoms with E-state index in [0.717, 1.165) is 24.3 Å². The molecule has 20 heavy (non-hydrogen) atoms. The molecule has 1 atom stereocenters. The molecule has 0 bridgehead atoms. The van der Waals surface area contributed by atoms with E-state index in [1.165, 1.54) is 0 Å². The van der Waals surface area contributed by atoms with E-state index in [1.807, 2.05) is 0 Å². The lowest BCUT2D eigenvalue weighted by molar-refractivity contribution is -0.146. The number of carbonyl (C=O) groups excluding carboxylic acids is 1. The second-order valence-corrected chi connectivity index (χ2v) is 3.76. The second kappa shape index (κ2) is 6.24. The maximum absolute atomic E-state index is 12.3. The van der Waals surface area contributed by atoms with Gasteiger partial charge in [-0.2, -0.15) is 13.2 Å². The number of carboxylic acids is 1. The number of hydrogen-bond acceptors (Lipinski definition) is 3. The summed E-state index contributed by atoms with van der Waals surface area (Å²) in [7, 11) is 0. The van der Waals surface area contributed by atoms with Crippen LogP contribution in [0.4, 0.5) is 23.7 Å². The summed E-state index contributed by atoms with van der Waals surface area (Å²) in [6, 6.07) is 2.85. The van der Waals surface area contributed by atoms with Crippen molar-refractivity contribution in [1.82, 2.24) is 5.32 Å². The zero-order chi connectivity index (χ0) is 15.3. The van der Waals surface area contributed by atoms with Crippen LogP contribution in [-0.4, -0.2) is 34.9 Å².